The average molecular weight is 392 g/mol. The molecule has 0 aliphatic heterocycles. The first-order chi connectivity index (χ1) is 11.7. The van der Waals surface area contributed by atoms with Crippen molar-refractivity contribution < 1.29 is 28.2 Å². The topological polar surface area (TPSA) is 85.3 Å². The van der Waals surface area contributed by atoms with Gasteiger partial charge >= 0.3 is 6.18 Å². The number of aliphatic hydroxyl groups is 1. The summed E-state index contributed by atoms with van der Waals surface area (Å²) in [4.78, 5) is 14.9. The summed E-state index contributed by atoms with van der Waals surface area (Å²) in [6.45, 7) is -0.739. The largest absolute Gasteiger partial charge is 0.530 e. The number of amides is 1. The molecule has 0 spiro atoms. The lowest BCUT2D eigenvalue weighted by Crippen LogP contribution is -2.36. The zero-order valence-corrected chi connectivity index (χ0v) is 14.0. The molecule has 2 N–H and O–H groups in total. The van der Waals surface area contributed by atoms with Crippen molar-refractivity contribution in [1.82, 2.24) is 10.3 Å². The number of aliphatic hydroxyl groups excluding tert-OH is 1. The maximum Gasteiger partial charge on any atom is 0.416 e. The van der Waals surface area contributed by atoms with E-state index in [1.807, 2.05) is 5.32 Å². The number of benzene rings is 1. The maximum atomic E-state index is 13.0. The van der Waals surface area contributed by atoms with Crippen LogP contribution in [0, 0.1) is 0 Å². The van der Waals surface area contributed by atoms with Crippen molar-refractivity contribution in [3.8, 4) is 0 Å². The monoisotopic (exact) mass is 391 g/mol. The minimum Gasteiger partial charge on any atom is -0.530 e. The summed E-state index contributed by atoms with van der Waals surface area (Å²) in [6, 6.07) is 4.77. The summed E-state index contributed by atoms with van der Waals surface area (Å²) in [7, 11) is 0. The molecule has 1 aromatic heterocycles. The van der Waals surface area contributed by atoms with Gasteiger partial charge in [0.1, 0.15) is 11.1 Å². The number of nitrogens with one attached hydrogen (secondary N) is 1. The first kappa shape index (κ1) is 19.4. The van der Waals surface area contributed by atoms with Crippen molar-refractivity contribution in [1.29, 1.82) is 0 Å². The number of nitrogens with zero attached hydrogens (tertiary/aromatic N) is 1. The van der Waals surface area contributed by atoms with Gasteiger partial charge in [-0.3, -0.25) is 0 Å². The second kappa shape index (κ2) is 7.94. The predicted molar refractivity (Wildman–Crippen MR) is 83.0 cm³/mol. The Bertz CT molecular complexity index is 787. The van der Waals surface area contributed by atoms with Gasteiger partial charge in [-0.15, -0.1) is 0 Å². The van der Waals surface area contributed by atoms with E-state index in [2.05, 4.69) is 4.98 Å². The molecule has 134 valence electrons. The fourth-order valence-corrected chi connectivity index (χ4v) is 3.30. The zero-order valence-electron chi connectivity index (χ0n) is 12.4. The molecular formula is C15H11ClF3N2O3S-. The summed E-state index contributed by atoms with van der Waals surface area (Å²) >= 11 is 6.94. The smallest absolute Gasteiger partial charge is 0.416 e. The number of aromatic nitrogens is 1. The van der Waals surface area contributed by atoms with Crippen molar-refractivity contribution in [3.63, 3.8) is 0 Å². The van der Waals surface area contributed by atoms with Crippen LogP contribution >= 0.6 is 23.4 Å². The van der Waals surface area contributed by atoms with Crippen LogP contribution in [0.25, 0.3) is 0 Å². The molecule has 2 aromatic rings. The number of halogens is 4. The van der Waals surface area contributed by atoms with E-state index in [1.54, 1.807) is 12.1 Å². The van der Waals surface area contributed by atoms with Gasteiger partial charge in [0.2, 0.25) is 0 Å². The van der Waals surface area contributed by atoms with Crippen molar-refractivity contribution in [2.45, 2.75) is 29.2 Å². The molecule has 1 heterocycles. The highest BCUT2D eigenvalue weighted by Gasteiger charge is 2.32. The molecule has 1 aromatic carbocycles. The van der Waals surface area contributed by atoms with E-state index in [4.69, 9.17) is 11.6 Å². The molecular weight excluding hydrogens is 381 g/mol. The lowest BCUT2D eigenvalue weighted by molar-refractivity contribution is -0.251. The van der Waals surface area contributed by atoms with Gasteiger partial charge < -0.3 is 20.3 Å². The molecule has 0 fully saturated rings. The van der Waals surface area contributed by atoms with Crippen molar-refractivity contribution in [2.75, 3.05) is 0 Å². The second-order valence-corrected chi connectivity index (χ2v) is 6.22. The molecule has 0 saturated heterocycles. The Balaban J connectivity index is 2.49. The number of rotatable bonds is 5. The normalized spacial score (nSPS) is 11.4. The summed E-state index contributed by atoms with van der Waals surface area (Å²) in [5, 5.41) is 22.0. The van der Waals surface area contributed by atoms with Crippen LogP contribution < -0.4 is 10.4 Å². The first-order valence-corrected chi connectivity index (χ1v) is 7.99. The van der Waals surface area contributed by atoms with E-state index >= 15 is 0 Å². The quantitative estimate of drug-likeness (QED) is 0.818. The van der Waals surface area contributed by atoms with E-state index in [9.17, 15) is 28.2 Å². The van der Waals surface area contributed by atoms with Crippen LogP contribution in [0.4, 0.5) is 18.0 Å². The summed E-state index contributed by atoms with van der Waals surface area (Å²) in [6.07, 6.45) is -4.80. The summed E-state index contributed by atoms with van der Waals surface area (Å²) in [5.41, 5.74) is -0.522. The van der Waals surface area contributed by atoms with E-state index < -0.39 is 24.4 Å². The predicted octanol–water partition coefficient (Wildman–Crippen LogP) is 2.83. The van der Waals surface area contributed by atoms with Gasteiger partial charge in [0, 0.05) is 23.2 Å². The van der Waals surface area contributed by atoms with Gasteiger partial charge in [-0.1, -0.05) is 29.4 Å². The molecule has 0 radical (unpaired) electrons. The standard InChI is InChI=1S/C15H12ClF3N2O3S/c16-11-5-10(15(17,18)19)4-9(6-21-14(23)24)12(11)25-13-8(7-22)2-1-3-20-13/h1-5,21-22H,6-7H2,(H,23,24)/p-1. The van der Waals surface area contributed by atoms with E-state index in [-0.39, 0.29) is 22.1 Å². The van der Waals surface area contributed by atoms with Crippen LogP contribution in [0.15, 0.2) is 40.4 Å². The van der Waals surface area contributed by atoms with Crippen LogP contribution in [-0.2, 0) is 19.3 Å². The Morgan fingerprint density at radius 2 is 2.08 bits per heavy atom. The van der Waals surface area contributed by atoms with E-state index in [0.717, 1.165) is 23.9 Å². The molecule has 5 nitrogen and oxygen atoms in total. The van der Waals surface area contributed by atoms with Crippen LogP contribution in [0.5, 0.6) is 0 Å². The van der Waals surface area contributed by atoms with Crippen LogP contribution in [0.1, 0.15) is 16.7 Å². The second-order valence-electron chi connectivity index (χ2n) is 4.81. The Labute approximate surface area is 149 Å². The van der Waals surface area contributed by atoms with E-state index in [1.165, 1.54) is 6.20 Å². The molecule has 0 aliphatic rings. The van der Waals surface area contributed by atoms with Crippen molar-refractivity contribution in [2.24, 2.45) is 0 Å². The first-order valence-electron chi connectivity index (χ1n) is 6.79. The van der Waals surface area contributed by atoms with Gasteiger partial charge in [0.25, 0.3) is 0 Å². The van der Waals surface area contributed by atoms with E-state index in [0.29, 0.717) is 10.6 Å². The highest BCUT2D eigenvalue weighted by atomic mass is 35.5. The minimum atomic E-state index is -4.63. The Morgan fingerprint density at radius 1 is 1.36 bits per heavy atom. The molecule has 0 unspecified atom stereocenters. The molecule has 1 amide bonds. The zero-order chi connectivity index (χ0) is 18.6. The number of hydrogen-bond donors (Lipinski definition) is 2. The molecule has 0 atom stereocenters. The molecule has 10 heteroatoms. The number of hydrogen-bond acceptors (Lipinski definition) is 5. The van der Waals surface area contributed by atoms with Crippen molar-refractivity contribution >= 4 is 29.5 Å². The third-order valence-corrected chi connectivity index (χ3v) is 4.75. The summed E-state index contributed by atoms with van der Waals surface area (Å²) < 4.78 is 38.9. The molecule has 25 heavy (non-hydrogen) atoms. The third-order valence-electron chi connectivity index (χ3n) is 3.09. The Hall–Kier alpha value is -1.97. The molecule has 2 rings (SSSR count). The van der Waals surface area contributed by atoms with Gasteiger partial charge in [-0.05, 0) is 23.8 Å². The average Bonchev–Trinajstić information content (AvgIpc) is 2.54. The van der Waals surface area contributed by atoms with Gasteiger partial charge in [0.05, 0.1) is 17.2 Å². The molecule has 0 saturated carbocycles. The van der Waals surface area contributed by atoms with Crippen LogP contribution in [0.3, 0.4) is 0 Å². The number of carbonyl (C=O) groups is 1. The highest BCUT2D eigenvalue weighted by molar-refractivity contribution is 7.99. The fourth-order valence-electron chi connectivity index (χ4n) is 1.96. The van der Waals surface area contributed by atoms with Gasteiger partial charge in [0.15, 0.2) is 0 Å². The Morgan fingerprint density at radius 3 is 2.68 bits per heavy atom. The number of carboxylic acid groups (broad SMARTS) is 1. The van der Waals surface area contributed by atoms with Gasteiger partial charge in [-0.2, -0.15) is 13.2 Å². The lowest BCUT2D eigenvalue weighted by Gasteiger charge is -2.17. The van der Waals surface area contributed by atoms with Crippen molar-refractivity contribution in [3.05, 3.63) is 52.2 Å². The highest BCUT2D eigenvalue weighted by Crippen LogP contribution is 2.40. The maximum absolute atomic E-state index is 13.0. The Kier molecular flexibility index (Phi) is 6.15. The lowest BCUT2D eigenvalue weighted by atomic mass is 10.1. The minimum absolute atomic E-state index is 0.0172. The number of pyridine rings is 1. The fraction of sp³-hybridized carbons (Fsp3) is 0.200. The SMILES string of the molecule is O=C([O-])NCc1cc(C(F)(F)F)cc(Cl)c1Sc1ncccc1CO. The van der Waals surface area contributed by atoms with Crippen LogP contribution in [-0.4, -0.2) is 16.2 Å². The number of alkyl halides is 3. The van der Waals surface area contributed by atoms with Crippen LogP contribution in [0.2, 0.25) is 5.02 Å². The third kappa shape index (κ3) is 5.00. The molecule has 0 aliphatic carbocycles. The summed E-state index contributed by atoms with van der Waals surface area (Å²) in [5.74, 6) is 0. The van der Waals surface area contributed by atoms with Gasteiger partial charge in [-0.25, -0.2) is 4.98 Å². The number of carbonyl (C=O) groups excluding carboxylic acids is 1. The molecule has 0 bridgehead atoms.